The first-order chi connectivity index (χ1) is 14.9. The number of piperidine rings is 1. The molecule has 3 heterocycles. The normalized spacial score (nSPS) is 21.2. The van der Waals surface area contributed by atoms with E-state index in [2.05, 4.69) is 10.3 Å². The number of amides is 4. The van der Waals surface area contributed by atoms with Gasteiger partial charge in [-0.15, -0.1) is 0 Å². The molecule has 5 rings (SSSR count). The van der Waals surface area contributed by atoms with Gasteiger partial charge in [0.25, 0.3) is 11.8 Å². The van der Waals surface area contributed by atoms with E-state index in [4.69, 9.17) is 0 Å². The number of fused-ring (bicyclic) bond motifs is 1. The fourth-order valence-electron chi connectivity index (χ4n) is 4.56. The maximum atomic E-state index is 13.3. The highest BCUT2D eigenvalue weighted by Crippen LogP contribution is 2.30. The summed E-state index contributed by atoms with van der Waals surface area (Å²) in [7, 11) is 0. The minimum atomic E-state index is -1.05. The number of H-pyrrole nitrogens is 1. The first kappa shape index (κ1) is 19.4. The predicted octanol–water partition coefficient (Wildman–Crippen LogP) is 3.20. The van der Waals surface area contributed by atoms with E-state index in [-0.39, 0.29) is 24.9 Å². The topological polar surface area (TPSA) is 85.5 Å². The number of rotatable bonds is 3. The van der Waals surface area contributed by atoms with E-state index in [1.165, 1.54) is 4.90 Å². The van der Waals surface area contributed by atoms with E-state index in [0.717, 1.165) is 22.0 Å². The Kier molecular flexibility index (Phi) is 4.54. The summed E-state index contributed by atoms with van der Waals surface area (Å²) in [5.41, 5.74) is 2.35. The first-order valence-electron chi connectivity index (χ1n) is 10.5. The Morgan fingerprint density at radius 2 is 1.87 bits per heavy atom. The molecule has 0 saturated carbocycles. The lowest BCUT2D eigenvalue weighted by molar-refractivity contribution is -0.133. The number of hydrogen-bond donors (Lipinski definition) is 2. The lowest BCUT2D eigenvalue weighted by Gasteiger charge is -2.38. The third-order valence-electron chi connectivity index (χ3n) is 6.25. The number of aromatic amines is 1. The maximum absolute atomic E-state index is 13.3. The lowest BCUT2D eigenvalue weighted by Crippen LogP contribution is -2.59. The second-order valence-electron chi connectivity index (χ2n) is 8.49. The highest BCUT2D eigenvalue weighted by atomic mass is 16.2. The monoisotopic (exact) mass is 416 g/mol. The van der Waals surface area contributed by atoms with E-state index < -0.39 is 11.6 Å². The smallest absolute Gasteiger partial charge is 0.325 e. The SMILES string of the molecule is Cc1ccc(CN2C(=O)N[C@@]3(CCCN(C(=O)c4cc5ccccc5[nH]4)C3)C2=O)cc1. The Morgan fingerprint density at radius 3 is 2.65 bits per heavy atom. The molecule has 4 amide bonds. The fourth-order valence-corrected chi connectivity index (χ4v) is 4.56. The van der Waals surface area contributed by atoms with Gasteiger partial charge in [0, 0.05) is 17.4 Å². The molecule has 2 aromatic carbocycles. The highest BCUT2D eigenvalue weighted by Gasteiger charge is 2.53. The summed E-state index contributed by atoms with van der Waals surface area (Å²) >= 11 is 0. The Hall–Kier alpha value is -3.61. The largest absolute Gasteiger partial charge is 0.351 e. The molecule has 1 aromatic heterocycles. The van der Waals surface area contributed by atoms with Crippen LogP contribution in [-0.4, -0.2) is 51.3 Å². The molecule has 2 saturated heterocycles. The number of carbonyl (C=O) groups is 3. The minimum Gasteiger partial charge on any atom is -0.351 e. The number of carbonyl (C=O) groups excluding carboxylic acids is 3. The summed E-state index contributed by atoms with van der Waals surface area (Å²) in [4.78, 5) is 45.2. The molecule has 0 unspecified atom stereocenters. The number of para-hydroxylation sites is 1. The van der Waals surface area contributed by atoms with Crippen molar-refractivity contribution in [3.63, 3.8) is 0 Å². The van der Waals surface area contributed by atoms with E-state index in [9.17, 15) is 14.4 Å². The van der Waals surface area contributed by atoms with Gasteiger partial charge in [-0.2, -0.15) is 0 Å². The molecular formula is C24H24N4O3. The molecule has 1 atom stereocenters. The molecule has 1 spiro atoms. The lowest BCUT2D eigenvalue weighted by atomic mass is 9.88. The predicted molar refractivity (Wildman–Crippen MR) is 116 cm³/mol. The molecular weight excluding hydrogens is 392 g/mol. The number of aromatic nitrogens is 1. The molecule has 158 valence electrons. The molecule has 2 N–H and O–H groups in total. The average molecular weight is 416 g/mol. The van der Waals surface area contributed by atoms with Crippen LogP contribution in [0.25, 0.3) is 10.9 Å². The number of aryl methyl sites for hydroxylation is 1. The van der Waals surface area contributed by atoms with Crippen LogP contribution in [0.5, 0.6) is 0 Å². The van der Waals surface area contributed by atoms with Gasteiger partial charge >= 0.3 is 6.03 Å². The van der Waals surface area contributed by atoms with Crippen LogP contribution in [0.4, 0.5) is 4.79 Å². The van der Waals surface area contributed by atoms with Crippen molar-refractivity contribution < 1.29 is 14.4 Å². The van der Waals surface area contributed by atoms with Crippen LogP contribution in [0.2, 0.25) is 0 Å². The zero-order valence-electron chi connectivity index (χ0n) is 17.4. The molecule has 2 aliphatic rings. The number of likely N-dealkylation sites (tertiary alicyclic amines) is 1. The number of hydrogen-bond acceptors (Lipinski definition) is 3. The van der Waals surface area contributed by atoms with Crippen molar-refractivity contribution in [1.82, 2.24) is 20.1 Å². The number of nitrogens with zero attached hydrogens (tertiary/aromatic N) is 2. The van der Waals surface area contributed by atoms with Crippen molar-refractivity contribution in [2.45, 2.75) is 31.8 Å². The summed E-state index contributed by atoms with van der Waals surface area (Å²) < 4.78 is 0. The number of benzene rings is 2. The molecule has 0 radical (unpaired) electrons. The summed E-state index contributed by atoms with van der Waals surface area (Å²) in [6, 6.07) is 16.9. The fraction of sp³-hybridized carbons (Fsp3) is 0.292. The van der Waals surface area contributed by atoms with Gasteiger partial charge in [-0.1, -0.05) is 48.0 Å². The van der Waals surface area contributed by atoms with Crippen LogP contribution >= 0.6 is 0 Å². The molecule has 2 aliphatic heterocycles. The van der Waals surface area contributed by atoms with E-state index in [1.807, 2.05) is 61.5 Å². The van der Waals surface area contributed by atoms with Crippen LogP contribution in [0, 0.1) is 6.92 Å². The summed E-state index contributed by atoms with van der Waals surface area (Å²) in [5.74, 6) is -0.415. The third-order valence-corrected chi connectivity index (χ3v) is 6.25. The second kappa shape index (κ2) is 7.27. The van der Waals surface area contributed by atoms with Crippen LogP contribution < -0.4 is 5.32 Å². The number of imide groups is 1. The quantitative estimate of drug-likeness (QED) is 0.643. The van der Waals surface area contributed by atoms with Gasteiger partial charge in [0.1, 0.15) is 11.2 Å². The van der Waals surface area contributed by atoms with Crippen LogP contribution in [0.1, 0.15) is 34.5 Å². The van der Waals surface area contributed by atoms with Gasteiger partial charge in [0.05, 0.1) is 13.1 Å². The Bertz CT molecular complexity index is 1150. The number of nitrogens with one attached hydrogen (secondary N) is 2. The van der Waals surface area contributed by atoms with E-state index in [1.54, 1.807) is 4.90 Å². The second-order valence-corrected chi connectivity index (χ2v) is 8.49. The molecule has 2 fully saturated rings. The van der Waals surface area contributed by atoms with Gasteiger partial charge in [-0.3, -0.25) is 14.5 Å². The Balaban J connectivity index is 1.36. The van der Waals surface area contributed by atoms with Gasteiger partial charge in [-0.05, 0) is 37.5 Å². The minimum absolute atomic E-state index is 0.158. The third kappa shape index (κ3) is 3.36. The van der Waals surface area contributed by atoms with Gasteiger partial charge in [0.2, 0.25) is 0 Å². The van der Waals surface area contributed by atoms with Gasteiger partial charge in [0.15, 0.2) is 0 Å². The molecule has 31 heavy (non-hydrogen) atoms. The highest BCUT2D eigenvalue weighted by molar-refractivity contribution is 6.08. The summed E-state index contributed by atoms with van der Waals surface area (Å²) in [5, 5.41) is 3.86. The van der Waals surface area contributed by atoms with Crippen LogP contribution in [-0.2, 0) is 11.3 Å². The van der Waals surface area contributed by atoms with Crippen molar-refractivity contribution >= 4 is 28.7 Å². The Morgan fingerprint density at radius 1 is 1.10 bits per heavy atom. The van der Waals surface area contributed by atoms with E-state index in [0.29, 0.717) is 25.1 Å². The summed E-state index contributed by atoms with van der Waals surface area (Å²) in [6.45, 7) is 2.95. The van der Waals surface area contributed by atoms with Crippen LogP contribution in [0.3, 0.4) is 0 Å². The summed E-state index contributed by atoms with van der Waals surface area (Å²) in [6.07, 6.45) is 1.18. The molecule has 3 aromatic rings. The van der Waals surface area contributed by atoms with Crippen molar-refractivity contribution in [3.05, 3.63) is 71.4 Å². The van der Waals surface area contributed by atoms with Crippen molar-refractivity contribution in [2.24, 2.45) is 0 Å². The van der Waals surface area contributed by atoms with Crippen LogP contribution in [0.15, 0.2) is 54.6 Å². The average Bonchev–Trinajstić information content (AvgIpc) is 3.30. The van der Waals surface area contributed by atoms with Crippen molar-refractivity contribution in [2.75, 3.05) is 13.1 Å². The molecule has 7 heteroatoms. The zero-order valence-corrected chi connectivity index (χ0v) is 17.4. The standard InChI is InChI=1S/C24H24N4O3/c1-16-7-9-17(10-8-16)14-28-22(30)24(26-23(28)31)11-4-12-27(15-24)21(29)20-13-18-5-2-3-6-19(18)25-20/h2-3,5-10,13,25H,4,11-12,14-15H2,1H3,(H,26,31)/t24-/m1/s1. The molecule has 0 bridgehead atoms. The van der Waals surface area contributed by atoms with Crippen molar-refractivity contribution in [3.8, 4) is 0 Å². The Labute approximate surface area is 180 Å². The van der Waals surface area contributed by atoms with Gasteiger partial charge < -0.3 is 15.2 Å². The van der Waals surface area contributed by atoms with Crippen molar-refractivity contribution in [1.29, 1.82) is 0 Å². The number of urea groups is 1. The molecule has 7 nitrogen and oxygen atoms in total. The zero-order chi connectivity index (χ0) is 21.6. The van der Waals surface area contributed by atoms with Gasteiger partial charge in [-0.25, -0.2) is 4.79 Å². The maximum Gasteiger partial charge on any atom is 0.325 e. The first-order valence-corrected chi connectivity index (χ1v) is 10.5. The van der Waals surface area contributed by atoms with E-state index >= 15 is 0 Å². The molecule has 0 aliphatic carbocycles.